The van der Waals surface area contributed by atoms with Gasteiger partial charge in [0.2, 0.25) is 11.8 Å². The number of benzene rings is 2. The number of nitrogens with one attached hydrogen (secondary N) is 1. The summed E-state index contributed by atoms with van der Waals surface area (Å²) in [6.07, 6.45) is 10.6. The summed E-state index contributed by atoms with van der Waals surface area (Å²) < 4.78 is 19.7. The van der Waals surface area contributed by atoms with Crippen molar-refractivity contribution in [1.82, 2.24) is 24.9 Å². The van der Waals surface area contributed by atoms with Gasteiger partial charge in [0.05, 0.1) is 30.0 Å². The Morgan fingerprint density at radius 3 is 2.49 bits per heavy atom. The van der Waals surface area contributed by atoms with Gasteiger partial charge in [-0.1, -0.05) is 32.6 Å². The molecule has 4 rings (SSSR count). The van der Waals surface area contributed by atoms with Gasteiger partial charge in [-0.05, 0) is 86.8 Å². The molecule has 0 bridgehead atoms. The van der Waals surface area contributed by atoms with Gasteiger partial charge in [-0.2, -0.15) is 5.10 Å². The van der Waals surface area contributed by atoms with E-state index in [-0.39, 0.29) is 30.6 Å². The van der Waals surface area contributed by atoms with Gasteiger partial charge in [0.1, 0.15) is 5.82 Å². The first-order valence-corrected chi connectivity index (χ1v) is 19.3. The van der Waals surface area contributed by atoms with E-state index in [0.717, 1.165) is 67.0 Å². The molecule has 1 saturated heterocycles. The van der Waals surface area contributed by atoms with Gasteiger partial charge in [0.15, 0.2) is 0 Å². The first-order chi connectivity index (χ1) is 26.5. The molecule has 0 saturated carbocycles. The molecule has 12 heteroatoms. The van der Waals surface area contributed by atoms with Crippen molar-refractivity contribution in [3.63, 3.8) is 0 Å². The van der Waals surface area contributed by atoms with Gasteiger partial charge in [0.25, 0.3) is 0 Å². The predicted molar refractivity (Wildman–Crippen MR) is 223 cm³/mol. The van der Waals surface area contributed by atoms with Crippen molar-refractivity contribution in [3.8, 4) is 11.3 Å². The number of allylic oxidation sites excluding steroid dienone is 1. The Labute approximate surface area is 326 Å². The molecule has 0 radical (unpaired) electrons. The van der Waals surface area contributed by atoms with Crippen LogP contribution >= 0.6 is 0 Å². The van der Waals surface area contributed by atoms with E-state index in [1.165, 1.54) is 12.1 Å². The molecule has 11 nitrogen and oxygen atoms in total. The van der Waals surface area contributed by atoms with Gasteiger partial charge in [-0.3, -0.25) is 24.6 Å². The van der Waals surface area contributed by atoms with Gasteiger partial charge in [-0.15, -0.1) is 0 Å². The highest BCUT2D eigenvalue weighted by molar-refractivity contribution is 5.83. The van der Waals surface area contributed by atoms with E-state index in [0.29, 0.717) is 44.0 Å². The largest absolute Gasteiger partial charge is 0.377 e. The van der Waals surface area contributed by atoms with E-state index < -0.39 is 5.60 Å². The second-order valence-corrected chi connectivity index (χ2v) is 14.2. The number of anilines is 1. The number of hydrogen-bond donors (Lipinski definition) is 1. The van der Waals surface area contributed by atoms with E-state index in [1.807, 2.05) is 37.3 Å². The number of halogens is 1. The highest BCUT2D eigenvalue weighted by Crippen LogP contribution is 2.29. The Morgan fingerprint density at radius 2 is 1.84 bits per heavy atom. The van der Waals surface area contributed by atoms with Crippen LogP contribution < -0.4 is 4.90 Å². The standard InChI is InChI=1S/C43H59FN8O3/c1-8-23-50(31-41(54)52-25-12-24-51(26-27-52)37-19-13-33(14-20-37)30-46-22-11-21-45-5)32-43(4,55-7)29-40(53)49(6)36(9-2)28-38-39(10-3)47-48-42(38)34-15-17-35(44)18-16-34/h10,13-21,28,30H,3,8-9,11-12,22-27,29,31-32H2,1-2,4-7H3,(H,47,48)/b36-28+,45-21?,46-30?. The Hall–Kier alpha value is -4.94. The third kappa shape index (κ3) is 12.3. The van der Waals surface area contributed by atoms with Gasteiger partial charge < -0.3 is 24.4 Å². The minimum absolute atomic E-state index is 0.0863. The second kappa shape index (κ2) is 21.2. The number of ether oxygens (including phenoxy) is 1. The summed E-state index contributed by atoms with van der Waals surface area (Å²) in [5.41, 5.74) is 5.01. The lowest BCUT2D eigenvalue weighted by Gasteiger charge is -2.36. The molecule has 55 heavy (non-hydrogen) atoms. The lowest BCUT2D eigenvalue weighted by molar-refractivity contribution is -0.136. The number of nitrogens with zero attached hydrogens (tertiary/aromatic N) is 7. The summed E-state index contributed by atoms with van der Waals surface area (Å²) in [6.45, 7) is 15.0. The van der Waals surface area contributed by atoms with Crippen molar-refractivity contribution in [3.05, 3.63) is 83.4 Å². The molecule has 2 heterocycles. The fourth-order valence-corrected chi connectivity index (χ4v) is 6.81. The fraction of sp³-hybridized carbons (Fsp3) is 0.465. The summed E-state index contributed by atoms with van der Waals surface area (Å²) in [7, 11) is 5.16. The second-order valence-electron chi connectivity index (χ2n) is 14.2. The predicted octanol–water partition coefficient (Wildman–Crippen LogP) is 6.82. The lowest BCUT2D eigenvalue weighted by atomic mass is 9.99. The highest BCUT2D eigenvalue weighted by atomic mass is 19.1. The van der Waals surface area contributed by atoms with E-state index in [1.54, 1.807) is 44.3 Å². The third-order valence-corrected chi connectivity index (χ3v) is 10.0. The maximum Gasteiger partial charge on any atom is 0.236 e. The summed E-state index contributed by atoms with van der Waals surface area (Å²) in [4.78, 5) is 44.2. The normalized spacial score (nSPS) is 15.2. The van der Waals surface area contributed by atoms with Crippen LogP contribution in [0.5, 0.6) is 0 Å². The Balaban J connectivity index is 1.38. The average molecular weight is 755 g/mol. The molecule has 0 spiro atoms. The number of aromatic amines is 1. The molecule has 2 aromatic carbocycles. The Morgan fingerprint density at radius 1 is 1.09 bits per heavy atom. The number of carbonyl (C=O) groups excluding carboxylic acids is 2. The number of hydrogen-bond acceptors (Lipinski definition) is 8. The van der Waals surface area contributed by atoms with Crippen molar-refractivity contribution in [2.75, 3.05) is 78.5 Å². The molecule has 3 aromatic rings. The molecule has 1 atom stereocenters. The molecule has 296 valence electrons. The first-order valence-electron chi connectivity index (χ1n) is 19.3. The number of rotatable bonds is 19. The van der Waals surface area contributed by atoms with Crippen LogP contribution in [0, 0.1) is 5.82 Å². The molecule has 1 N–H and O–H groups in total. The SMILES string of the molecule is C=Cc1[nH]nc(-c2ccc(F)cc2)c1/C=C(\CC)N(C)C(=O)CC(C)(CN(CCC)CC(=O)N1CCCN(c2ccc(C=NCCC=NC)cc2)CC1)OC. The monoisotopic (exact) mass is 754 g/mol. The van der Waals surface area contributed by atoms with Crippen molar-refractivity contribution < 1.29 is 18.7 Å². The molecule has 1 aliphatic heterocycles. The van der Waals surface area contributed by atoms with Crippen molar-refractivity contribution in [2.24, 2.45) is 9.98 Å². The third-order valence-electron chi connectivity index (χ3n) is 10.0. The zero-order valence-corrected chi connectivity index (χ0v) is 33.6. The maximum atomic E-state index is 13.9. The summed E-state index contributed by atoms with van der Waals surface area (Å²) in [5.74, 6) is -0.351. The molecule has 1 unspecified atom stereocenters. The summed E-state index contributed by atoms with van der Waals surface area (Å²) >= 11 is 0. The summed E-state index contributed by atoms with van der Waals surface area (Å²) in [5, 5.41) is 7.47. The van der Waals surface area contributed by atoms with E-state index in [9.17, 15) is 14.0 Å². The van der Waals surface area contributed by atoms with Crippen LogP contribution in [-0.4, -0.2) is 128 Å². The average Bonchev–Trinajstić information content (AvgIpc) is 3.42. The van der Waals surface area contributed by atoms with E-state index >= 15 is 0 Å². The molecule has 2 amide bonds. The molecule has 1 aliphatic rings. The Bertz CT molecular complexity index is 1790. The van der Waals surface area contributed by atoms with Crippen LogP contribution in [0.4, 0.5) is 10.1 Å². The molecular weight excluding hydrogens is 696 g/mol. The number of carbonyl (C=O) groups is 2. The first kappa shape index (κ1) is 42.8. The van der Waals surface area contributed by atoms with Crippen LogP contribution in [0.3, 0.4) is 0 Å². The maximum absolute atomic E-state index is 13.9. The van der Waals surface area contributed by atoms with Gasteiger partial charge in [0, 0.05) is 102 Å². The smallest absolute Gasteiger partial charge is 0.236 e. The summed E-state index contributed by atoms with van der Waals surface area (Å²) in [6, 6.07) is 14.6. The Kier molecular flexibility index (Phi) is 16.5. The van der Waals surface area contributed by atoms with Crippen molar-refractivity contribution >= 4 is 42.1 Å². The molecule has 1 fully saturated rings. The quantitative estimate of drug-likeness (QED) is 0.106. The number of amides is 2. The van der Waals surface area contributed by atoms with Crippen molar-refractivity contribution in [1.29, 1.82) is 0 Å². The minimum atomic E-state index is -0.836. The van der Waals surface area contributed by atoms with Crippen LogP contribution in [0.25, 0.3) is 23.4 Å². The van der Waals surface area contributed by atoms with Crippen LogP contribution in [-0.2, 0) is 14.3 Å². The van der Waals surface area contributed by atoms with Crippen molar-refractivity contribution in [2.45, 2.75) is 58.5 Å². The van der Waals surface area contributed by atoms with Crippen LogP contribution in [0.2, 0.25) is 0 Å². The minimum Gasteiger partial charge on any atom is -0.377 e. The van der Waals surface area contributed by atoms with Crippen LogP contribution in [0.1, 0.15) is 69.7 Å². The number of aromatic nitrogens is 2. The van der Waals surface area contributed by atoms with Gasteiger partial charge >= 0.3 is 0 Å². The zero-order chi connectivity index (χ0) is 39.8. The van der Waals surface area contributed by atoms with Crippen LogP contribution in [0.15, 0.2) is 70.8 Å². The number of aliphatic imine (C=N–C) groups is 2. The fourth-order valence-electron chi connectivity index (χ4n) is 6.81. The molecule has 0 aliphatic carbocycles. The number of methoxy groups -OCH3 is 1. The zero-order valence-electron chi connectivity index (χ0n) is 33.6. The van der Waals surface area contributed by atoms with E-state index in [2.05, 4.69) is 67.8 Å². The molecular formula is C43H59FN8O3. The highest BCUT2D eigenvalue weighted by Gasteiger charge is 2.33. The molecule has 1 aromatic heterocycles. The lowest BCUT2D eigenvalue weighted by Crippen LogP contribution is -2.49. The van der Waals surface area contributed by atoms with E-state index in [4.69, 9.17) is 4.74 Å². The number of H-pyrrole nitrogens is 1. The van der Waals surface area contributed by atoms with Gasteiger partial charge in [-0.25, -0.2) is 4.39 Å². The topological polar surface area (TPSA) is 110 Å².